The Morgan fingerprint density at radius 2 is 2.00 bits per heavy atom. The Morgan fingerprint density at radius 1 is 1.83 bits per heavy atom. The van der Waals surface area contributed by atoms with E-state index in [0.717, 1.165) is 0 Å². The maximum atomic E-state index is 11.7. The molecule has 6 heavy (non-hydrogen) atoms. The van der Waals surface area contributed by atoms with Crippen LogP contribution in [0.4, 0.5) is 4.39 Å². The molecule has 0 aliphatic carbocycles. The summed E-state index contributed by atoms with van der Waals surface area (Å²) in [6.45, 7) is 4.84. The van der Waals surface area contributed by atoms with Gasteiger partial charge >= 0.3 is 0 Å². The molecule has 0 aromatic carbocycles. The SMILES string of the molecule is [CH2]C(F)C(C)Br. The molecular weight excluding hydrogens is 147 g/mol. The van der Waals surface area contributed by atoms with Gasteiger partial charge in [0, 0.05) is 4.83 Å². The van der Waals surface area contributed by atoms with Gasteiger partial charge in [0.2, 0.25) is 0 Å². The zero-order chi connectivity index (χ0) is 5.15. The van der Waals surface area contributed by atoms with Crippen molar-refractivity contribution in [2.45, 2.75) is 17.9 Å². The Kier molecular flexibility index (Phi) is 2.74. The number of halogens is 2. The van der Waals surface area contributed by atoms with E-state index >= 15 is 0 Å². The topological polar surface area (TPSA) is 0 Å². The van der Waals surface area contributed by atoms with E-state index in [4.69, 9.17) is 0 Å². The molecule has 0 bridgehead atoms. The number of hydrogen-bond acceptors (Lipinski definition) is 0. The summed E-state index contributed by atoms with van der Waals surface area (Å²) < 4.78 is 11.7. The van der Waals surface area contributed by atoms with Crippen molar-refractivity contribution in [2.75, 3.05) is 0 Å². The van der Waals surface area contributed by atoms with E-state index < -0.39 is 6.17 Å². The lowest BCUT2D eigenvalue weighted by atomic mass is 10.3. The van der Waals surface area contributed by atoms with E-state index in [9.17, 15) is 4.39 Å². The summed E-state index contributed by atoms with van der Waals surface area (Å²) in [7, 11) is 0. The molecule has 0 aromatic heterocycles. The molecule has 2 heteroatoms. The Balaban J connectivity index is 2.99. The van der Waals surface area contributed by atoms with Crippen LogP contribution >= 0.6 is 15.9 Å². The molecule has 2 unspecified atom stereocenters. The summed E-state index contributed by atoms with van der Waals surface area (Å²) >= 11 is 3.00. The van der Waals surface area contributed by atoms with Crippen LogP contribution in [0.2, 0.25) is 0 Å². The van der Waals surface area contributed by atoms with Crippen molar-refractivity contribution in [3.63, 3.8) is 0 Å². The predicted octanol–water partition coefficient (Wildman–Crippen LogP) is 1.94. The first kappa shape index (κ1) is 6.41. The van der Waals surface area contributed by atoms with Gasteiger partial charge in [0.05, 0.1) is 0 Å². The monoisotopic (exact) mass is 153 g/mol. The van der Waals surface area contributed by atoms with Gasteiger partial charge in [-0.05, 0) is 13.8 Å². The first-order chi connectivity index (χ1) is 2.64. The van der Waals surface area contributed by atoms with Crippen LogP contribution in [-0.4, -0.2) is 11.0 Å². The number of rotatable bonds is 1. The summed E-state index contributed by atoms with van der Waals surface area (Å²) in [5.41, 5.74) is 0. The molecule has 0 saturated heterocycles. The largest absolute Gasteiger partial charge is 0.246 e. The van der Waals surface area contributed by atoms with E-state index in [1.807, 2.05) is 0 Å². The van der Waals surface area contributed by atoms with Crippen LogP contribution in [-0.2, 0) is 0 Å². The van der Waals surface area contributed by atoms with Gasteiger partial charge in [0.25, 0.3) is 0 Å². The van der Waals surface area contributed by atoms with Crippen molar-refractivity contribution < 1.29 is 4.39 Å². The fourth-order valence-electron chi connectivity index (χ4n) is 0. The Labute approximate surface area is 45.9 Å². The summed E-state index contributed by atoms with van der Waals surface area (Å²) in [5.74, 6) is 0. The normalized spacial score (nSPS) is 20.0. The smallest absolute Gasteiger partial charge is 0.112 e. The van der Waals surface area contributed by atoms with Crippen LogP contribution in [0.25, 0.3) is 0 Å². The molecule has 2 atom stereocenters. The van der Waals surface area contributed by atoms with E-state index in [1.165, 1.54) is 0 Å². The van der Waals surface area contributed by atoms with Crippen LogP contribution in [0.15, 0.2) is 0 Å². The average Bonchev–Trinajstić information content (AvgIpc) is 1.36. The fraction of sp³-hybridized carbons (Fsp3) is 0.750. The molecule has 0 amide bonds. The molecule has 0 N–H and O–H groups in total. The van der Waals surface area contributed by atoms with Crippen LogP contribution in [0.1, 0.15) is 6.92 Å². The third-order valence-electron chi connectivity index (χ3n) is 0.498. The highest BCUT2D eigenvalue weighted by atomic mass is 79.9. The minimum Gasteiger partial charge on any atom is -0.246 e. The maximum absolute atomic E-state index is 11.7. The van der Waals surface area contributed by atoms with Gasteiger partial charge in [-0.25, -0.2) is 4.39 Å². The lowest BCUT2D eigenvalue weighted by molar-refractivity contribution is 0.398. The van der Waals surface area contributed by atoms with Crippen LogP contribution in [0, 0.1) is 6.92 Å². The second kappa shape index (κ2) is 2.56. The molecule has 0 aliphatic rings. The molecule has 0 saturated carbocycles. The first-order valence-electron chi connectivity index (χ1n) is 1.76. The van der Waals surface area contributed by atoms with E-state index in [0.29, 0.717) is 0 Å². The highest BCUT2D eigenvalue weighted by Crippen LogP contribution is 2.05. The van der Waals surface area contributed by atoms with Crippen molar-refractivity contribution in [1.82, 2.24) is 0 Å². The van der Waals surface area contributed by atoms with Gasteiger partial charge in [-0.2, -0.15) is 0 Å². The zero-order valence-corrected chi connectivity index (χ0v) is 5.20. The molecule has 0 rings (SSSR count). The minimum atomic E-state index is -0.981. The van der Waals surface area contributed by atoms with Crippen LogP contribution < -0.4 is 0 Å². The Hall–Kier alpha value is 0.410. The van der Waals surface area contributed by atoms with Crippen LogP contribution in [0.5, 0.6) is 0 Å². The van der Waals surface area contributed by atoms with Crippen molar-refractivity contribution >= 4 is 15.9 Å². The molecule has 1 radical (unpaired) electrons. The summed E-state index contributed by atoms with van der Waals surface area (Å²) in [6, 6.07) is 0. The molecule has 0 nitrogen and oxygen atoms in total. The Morgan fingerprint density at radius 3 is 2.00 bits per heavy atom. The van der Waals surface area contributed by atoms with E-state index in [2.05, 4.69) is 22.9 Å². The average molecular weight is 154 g/mol. The van der Waals surface area contributed by atoms with Crippen molar-refractivity contribution in [1.29, 1.82) is 0 Å². The lowest BCUT2D eigenvalue weighted by Gasteiger charge is -1.98. The summed E-state index contributed by atoms with van der Waals surface area (Å²) in [5, 5.41) is 0. The zero-order valence-electron chi connectivity index (χ0n) is 3.62. The highest BCUT2D eigenvalue weighted by Gasteiger charge is 2.02. The van der Waals surface area contributed by atoms with Gasteiger partial charge < -0.3 is 0 Å². The van der Waals surface area contributed by atoms with Gasteiger partial charge in [-0.1, -0.05) is 15.9 Å². The second-order valence-electron chi connectivity index (χ2n) is 1.19. The maximum Gasteiger partial charge on any atom is 0.112 e. The predicted molar refractivity (Wildman–Crippen MR) is 28.6 cm³/mol. The number of alkyl halides is 2. The standard InChI is InChI=1S/C4H7BrF/c1-3(5)4(2)6/h3-4H,2H2,1H3. The van der Waals surface area contributed by atoms with Gasteiger partial charge in [-0.3, -0.25) is 0 Å². The third-order valence-corrected chi connectivity index (χ3v) is 1.07. The molecule has 0 heterocycles. The third kappa shape index (κ3) is 2.64. The number of hydrogen-bond donors (Lipinski definition) is 0. The second-order valence-corrected chi connectivity index (χ2v) is 2.64. The van der Waals surface area contributed by atoms with Gasteiger partial charge in [-0.15, -0.1) is 0 Å². The fourth-order valence-corrected chi connectivity index (χ4v) is 0. The molecule has 0 fully saturated rings. The quantitative estimate of drug-likeness (QED) is 0.506. The molecule has 0 aliphatic heterocycles. The van der Waals surface area contributed by atoms with Gasteiger partial charge in [0.1, 0.15) is 6.17 Å². The Bertz CT molecular complexity index is 28.5. The first-order valence-corrected chi connectivity index (χ1v) is 2.67. The van der Waals surface area contributed by atoms with Crippen LogP contribution in [0.3, 0.4) is 0 Å². The lowest BCUT2D eigenvalue weighted by Crippen LogP contribution is -2.04. The molecule has 37 valence electrons. The molecule has 0 aromatic rings. The van der Waals surface area contributed by atoms with E-state index in [-0.39, 0.29) is 4.83 Å². The summed E-state index contributed by atoms with van der Waals surface area (Å²) in [6.07, 6.45) is -0.981. The van der Waals surface area contributed by atoms with Gasteiger partial charge in [0.15, 0.2) is 0 Å². The minimum absolute atomic E-state index is 0.113. The van der Waals surface area contributed by atoms with Crippen molar-refractivity contribution in [3.8, 4) is 0 Å². The molecular formula is C4H7BrF. The van der Waals surface area contributed by atoms with Crippen molar-refractivity contribution in [3.05, 3.63) is 6.92 Å². The van der Waals surface area contributed by atoms with Crippen molar-refractivity contribution in [2.24, 2.45) is 0 Å². The summed E-state index contributed by atoms with van der Waals surface area (Å²) in [4.78, 5) is -0.113. The highest BCUT2D eigenvalue weighted by molar-refractivity contribution is 9.09. The molecule has 0 spiro atoms. The van der Waals surface area contributed by atoms with E-state index in [1.54, 1.807) is 6.92 Å².